The summed E-state index contributed by atoms with van der Waals surface area (Å²) >= 11 is 0. The Hall–Kier alpha value is -2.33. The standard InChI is InChI=1S/C18H22N2O2/c1-2-11-22-16-10-6-9-15(12-16)20-18(21)17(13-19)14-7-4-3-5-8-14/h3-10,12,17H,2,11,13,19H2,1H3,(H,20,21). The van der Waals surface area contributed by atoms with Crippen molar-refractivity contribution in [3.8, 4) is 5.75 Å². The van der Waals surface area contributed by atoms with Crippen LogP contribution in [-0.4, -0.2) is 19.1 Å². The van der Waals surface area contributed by atoms with Gasteiger partial charge in [0.2, 0.25) is 5.91 Å². The molecule has 2 rings (SSSR count). The molecule has 0 bridgehead atoms. The van der Waals surface area contributed by atoms with E-state index in [0.717, 1.165) is 17.7 Å². The molecule has 22 heavy (non-hydrogen) atoms. The van der Waals surface area contributed by atoms with Crippen molar-refractivity contribution in [3.05, 3.63) is 60.2 Å². The molecular formula is C18H22N2O2. The minimum atomic E-state index is -0.360. The van der Waals surface area contributed by atoms with Crippen molar-refractivity contribution in [2.24, 2.45) is 5.73 Å². The van der Waals surface area contributed by atoms with Crippen molar-refractivity contribution >= 4 is 11.6 Å². The smallest absolute Gasteiger partial charge is 0.233 e. The number of carbonyl (C=O) groups excluding carboxylic acids is 1. The molecule has 3 N–H and O–H groups in total. The summed E-state index contributed by atoms with van der Waals surface area (Å²) in [5.74, 6) is 0.284. The third-order valence-corrected chi connectivity index (χ3v) is 3.33. The third-order valence-electron chi connectivity index (χ3n) is 3.33. The summed E-state index contributed by atoms with van der Waals surface area (Å²) in [5, 5.41) is 2.91. The Labute approximate surface area is 131 Å². The van der Waals surface area contributed by atoms with Gasteiger partial charge in [-0.3, -0.25) is 4.79 Å². The molecular weight excluding hydrogens is 276 g/mol. The first kappa shape index (κ1) is 16.0. The molecule has 0 saturated heterocycles. The maximum absolute atomic E-state index is 12.4. The minimum Gasteiger partial charge on any atom is -0.494 e. The molecule has 0 saturated carbocycles. The van der Waals surface area contributed by atoms with Crippen molar-refractivity contribution in [1.82, 2.24) is 0 Å². The molecule has 4 nitrogen and oxygen atoms in total. The van der Waals surface area contributed by atoms with E-state index in [1.807, 2.05) is 54.6 Å². The topological polar surface area (TPSA) is 64.3 Å². The monoisotopic (exact) mass is 298 g/mol. The van der Waals surface area contributed by atoms with Crippen molar-refractivity contribution < 1.29 is 9.53 Å². The third kappa shape index (κ3) is 4.33. The Morgan fingerprint density at radius 3 is 2.64 bits per heavy atom. The fourth-order valence-electron chi connectivity index (χ4n) is 2.19. The zero-order valence-electron chi connectivity index (χ0n) is 12.8. The first-order chi connectivity index (χ1) is 10.7. The van der Waals surface area contributed by atoms with E-state index < -0.39 is 0 Å². The predicted molar refractivity (Wildman–Crippen MR) is 89.1 cm³/mol. The van der Waals surface area contributed by atoms with Gasteiger partial charge in [-0.25, -0.2) is 0 Å². The number of hydrogen-bond donors (Lipinski definition) is 2. The molecule has 0 aromatic heterocycles. The van der Waals surface area contributed by atoms with E-state index >= 15 is 0 Å². The van der Waals surface area contributed by atoms with Gasteiger partial charge in [-0.15, -0.1) is 0 Å². The van der Waals surface area contributed by atoms with Gasteiger partial charge in [-0.1, -0.05) is 43.3 Å². The predicted octanol–water partition coefficient (Wildman–Crippen LogP) is 3.16. The van der Waals surface area contributed by atoms with Crippen LogP contribution in [0.4, 0.5) is 5.69 Å². The Morgan fingerprint density at radius 2 is 1.95 bits per heavy atom. The number of nitrogens with two attached hydrogens (primary N) is 1. The van der Waals surface area contributed by atoms with E-state index in [9.17, 15) is 4.79 Å². The SMILES string of the molecule is CCCOc1cccc(NC(=O)C(CN)c2ccccc2)c1. The van der Waals surface area contributed by atoms with Gasteiger partial charge in [0.1, 0.15) is 5.75 Å². The van der Waals surface area contributed by atoms with Crippen LogP contribution < -0.4 is 15.8 Å². The number of amides is 1. The highest BCUT2D eigenvalue weighted by Crippen LogP contribution is 2.21. The number of benzene rings is 2. The summed E-state index contributed by atoms with van der Waals surface area (Å²) in [7, 11) is 0. The molecule has 1 atom stereocenters. The van der Waals surface area contributed by atoms with Crippen LogP contribution in [0.5, 0.6) is 5.75 Å². The van der Waals surface area contributed by atoms with Crippen LogP contribution in [0, 0.1) is 0 Å². The molecule has 0 aliphatic carbocycles. The molecule has 0 radical (unpaired) electrons. The average molecular weight is 298 g/mol. The van der Waals surface area contributed by atoms with E-state index in [-0.39, 0.29) is 18.4 Å². The molecule has 2 aromatic rings. The van der Waals surface area contributed by atoms with Crippen molar-refractivity contribution in [2.45, 2.75) is 19.3 Å². The van der Waals surface area contributed by atoms with E-state index in [1.165, 1.54) is 0 Å². The van der Waals surface area contributed by atoms with Gasteiger partial charge in [-0.2, -0.15) is 0 Å². The highest BCUT2D eigenvalue weighted by Gasteiger charge is 2.18. The Kier molecular flexibility index (Phi) is 5.98. The lowest BCUT2D eigenvalue weighted by Gasteiger charge is -2.16. The normalized spacial score (nSPS) is 11.7. The average Bonchev–Trinajstić information content (AvgIpc) is 2.55. The second kappa shape index (κ2) is 8.20. The molecule has 0 aliphatic rings. The number of ether oxygens (including phenoxy) is 1. The summed E-state index contributed by atoms with van der Waals surface area (Å²) in [6.07, 6.45) is 0.944. The van der Waals surface area contributed by atoms with E-state index in [0.29, 0.717) is 12.3 Å². The molecule has 0 fully saturated rings. The van der Waals surface area contributed by atoms with Crippen LogP contribution in [0.3, 0.4) is 0 Å². The Balaban J connectivity index is 2.07. The number of nitrogens with one attached hydrogen (secondary N) is 1. The molecule has 0 spiro atoms. The minimum absolute atomic E-state index is 0.110. The van der Waals surface area contributed by atoms with Crippen LogP contribution >= 0.6 is 0 Å². The van der Waals surface area contributed by atoms with Crippen molar-refractivity contribution in [2.75, 3.05) is 18.5 Å². The second-order valence-corrected chi connectivity index (χ2v) is 5.06. The molecule has 116 valence electrons. The lowest BCUT2D eigenvalue weighted by molar-refractivity contribution is -0.117. The van der Waals surface area contributed by atoms with Crippen molar-refractivity contribution in [1.29, 1.82) is 0 Å². The zero-order valence-corrected chi connectivity index (χ0v) is 12.8. The highest BCUT2D eigenvalue weighted by molar-refractivity contribution is 5.96. The van der Waals surface area contributed by atoms with Crippen LogP contribution in [0.2, 0.25) is 0 Å². The second-order valence-electron chi connectivity index (χ2n) is 5.06. The number of anilines is 1. The Morgan fingerprint density at radius 1 is 1.18 bits per heavy atom. The first-order valence-corrected chi connectivity index (χ1v) is 7.53. The fraction of sp³-hybridized carbons (Fsp3) is 0.278. The summed E-state index contributed by atoms with van der Waals surface area (Å²) in [6.45, 7) is 2.98. The van der Waals surface area contributed by atoms with Gasteiger partial charge in [0.15, 0.2) is 0 Å². The van der Waals surface area contributed by atoms with Gasteiger partial charge in [0.05, 0.1) is 12.5 Å². The lowest BCUT2D eigenvalue weighted by atomic mass is 9.98. The largest absolute Gasteiger partial charge is 0.494 e. The molecule has 4 heteroatoms. The van der Waals surface area contributed by atoms with Crippen molar-refractivity contribution in [3.63, 3.8) is 0 Å². The quantitative estimate of drug-likeness (QED) is 0.825. The summed E-state index contributed by atoms with van der Waals surface area (Å²) in [5.41, 5.74) is 7.40. The van der Waals surface area contributed by atoms with Crippen LogP contribution in [-0.2, 0) is 4.79 Å². The van der Waals surface area contributed by atoms with E-state index in [1.54, 1.807) is 0 Å². The van der Waals surface area contributed by atoms with Crippen LogP contribution in [0.15, 0.2) is 54.6 Å². The first-order valence-electron chi connectivity index (χ1n) is 7.53. The lowest BCUT2D eigenvalue weighted by Crippen LogP contribution is -2.27. The number of hydrogen-bond acceptors (Lipinski definition) is 3. The van der Waals surface area contributed by atoms with Gasteiger partial charge >= 0.3 is 0 Å². The maximum Gasteiger partial charge on any atom is 0.233 e. The summed E-state index contributed by atoms with van der Waals surface area (Å²) in [6, 6.07) is 17.0. The van der Waals surface area contributed by atoms with Gasteiger partial charge in [0.25, 0.3) is 0 Å². The van der Waals surface area contributed by atoms with Crippen LogP contribution in [0.1, 0.15) is 24.8 Å². The zero-order chi connectivity index (χ0) is 15.8. The fourth-order valence-corrected chi connectivity index (χ4v) is 2.19. The summed E-state index contributed by atoms with van der Waals surface area (Å²) in [4.78, 5) is 12.4. The highest BCUT2D eigenvalue weighted by atomic mass is 16.5. The number of carbonyl (C=O) groups is 1. The molecule has 2 aromatic carbocycles. The maximum atomic E-state index is 12.4. The van der Waals surface area contributed by atoms with Crippen LogP contribution in [0.25, 0.3) is 0 Å². The van der Waals surface area contributed by atoms with Gasteiger partial charge in [0, 0.05) is 18.3 Å². The molecule has 0 heterocycles. The molecule has 0 aliphatic heterocycles. The summed E-state index contributed by atoms with van der Waals surface area (Å²) < 4.78 is 5.57. The molecule has 1 unspecified atom stereocenters. The Bertz CT molecular complexity index is 599. The van der Waals surface area contributed by atoms with Gasteiger partial charge < -0.3 is 15.8 Å². The number of rotatable bonds is 7. The van der Waals surface area contributed by atoms with E-state index in [2.05, 4.69) is 12.2 Å². The van der Waals surface area contributed by atoms with Gasteiger partial charge in [-0.05, 0) is 24.1 Å². The molecule has 1 amide bonds. The van der Waals surface area contributed by atoms with E-state index in [4.69, 9.17) is 10.5 Å².